The first-order valence-electron chi connectivity index (χ1n) is 10.1. The lowest BCUT2D eigenvalue weighted by Crippen LogP contribution is -2.43. The highest BCUT2D eigenvalue weighted by Crippen LogP contribution is 2.36. The van der Waals surface area contributed by atoms with E-state index >= 15 is 0 Å². The van der Waals surface area contributed by atoms with Gasteiger partial charge in [0.15, 0.2) is 17.4 Å². The van der Waals surface area contributed by atoms with Crippen molar-refractivity contribution in [1.29, 1.82) is 0 Å². The molecule has 6 nitrogen and oxygen atoms in total. The van der Waals surface area contributed by atoms with Gasteiger partial charge in [-0.05, 0) is 63.7 Å². The third-order valence-electron chi connectivity index (χ3n) is 5.59. The van der Waals surface area contributed by atoms with Crippen LogP contribution in [0.2, 0.25) is 10.0 Å². The van der Waals surface area contributed by atoms with Crippen molar-refractivity contribution in [3.05, 3.63) is 73.6 Å². The van der Waals surface area contributed by atoms with Gasteiger partial charge >= 0.3 is 0 Å². The number of nitrogens with zero attached hydrogens (tertiary/aromatic N) is 3. The van der Waals surface area contributed by atoms with Gasteiger partial charge in [0.25, 0.3) is 0 Å². The number of hydrogen-bond acceptors (Lipinski definition) is 5. The van der Waals surface area contributed by atoms with Gasteiger partial charge in [0.2, 0.25) is 0 Å². The average molecular weight is 569 g/mol. The molecule has 1 aliphatic heterocycles. The van der Waals surface area contributed by atoms with Crippen molar-refractivity contribution >= 4 is 61.5 Å². The monoisotopic (exact) mass is 567 g/mol. The van der Waals surface area contributed by atoms with Crippen LogP contribution in [0.4, 0.5) is 0 Å². The molecule has 10 heteroatoms. The Morgan fingerprint density at radius 2 is 1.94 bits per heavy atom. The second kappa shape index (κ2) is 9.41. The number of rotatable bonds is 7. The summed E-state index contributed by atoms with van der Waals surface area (Å²) in [6.07, 6.45) is 1.81. The van der Waals surface area contributed by atoms with E-state index in [1.807, 2.05) is 13.8 Å². The van der Waals surface area contributed by atoms with Gasteiger partial charge in [-0.15, -0.1) is 0 Å². The summed E-state index contributed by atoms with van der Waals surface area (Å²) < 4.78 is 13.4. The second-order valence-corrected chi connectivity index (χ2v) is 11.7. The predicted molar refractivity (Wildman–Crippen MR) is 133 cm³/mol. The SMILES string of the molecule is Cc1cc(Cl)cc(C(=O)CC2(C)CS(=O)C2)c1CC(=O)c1cc(Br)nn1-c1ncccc1Cl. The van der Waals surface area contributed by atoms with Crippen molar-refractivity contribution in [2.24, 2.45) is 5.41 Å². The van der Waals surface area contributed by atoms with Crippen molar-refractivity contribution in [3.8, 4) is 5.82 Å². The van der Waals surface area contributed by atoms with Crippen molar-refractivity contribution in [2.45, 2.75) is 26.7 Å². The standard InChI is InChI=1S/C23H20BrCl2N3O3S/c1-13-6-14(25)7-16(20(31)10-23(2)11-33(32)12-23)15(13)8-19(30)18-9-21(24)28-29(18)22-17(26)4-3-5-27-22/h3-7,9H,8,10-12H2,1-2H3. The van der Waals surface area contributed by atoms with Crippen LogP contribution in [-0.4, -0.2) is 42.0 Å². The number of carbonyl (C=O) groups excluding carboxylic acids is 2. The minimum Gasteiger partial charge on any atom is -0.294 e. The molecule has 0 atom stereocenters. The molecule has 3 heterocycles. The number of halogens is 3. The summed E-state index contributed by atoms with van der Waals surface area (Å²) in [7, 11) is -0.866. The van der Waals surface area contributed by atoms with Crippen LogP contribution in [0.25, 0.3) is 5.82 Å². The van der Waals surface area contributed by atoms with Crippen molar-refractivity contribution in [2.75, 3.05) is 11.5 Å². The molecule has 0 radical (unpaired) electrons. The predicted octanol–water partition coefficient (Wildman–Crippen LogP) is 5.41. The zero-order valence-corrected chi connectivity index (χ0v) is 21.8. The maximum atomic E-state index is 13.4. The molecule has 172 valence electrons. The minimum absolute atomic E-state index is 0.0185. The highest BCUT2D eigenvalue weighted by atomic mass is 79.9. The zero-order valence-electron chi connectivity index (χ0n) is 17.9. The van der Waals surface area contributed by atoms with Crippen molar-refractivity contribution in [1.82, 2.24) is 14.8 Å². The number of ketones is 2. The molecule has 1 saturated heterocycles. The van der Waals surface area contributed by atoms with E-state index in [4.69, 9.17) is 23.2 Å². The molecule has 0 spiro atoms. The summed E-state index contributed by atoms with van der Waals surface area (Å²) in [6, 6.07) is 8.32. The van der Waals surface area contributed by atoms with Crippen LogP contribution in [0.3, 0.4) is 0 Å². The van der Waals surface area contributed by atoms with Gasteiger partial charge in [-0.2, -0.15) is 5.10 Å². The molecular formula is C23H20BrCl2N3O3S. The third kappa shape index (κ3) is 5.14. The summed E-state index contributed by atoms with van der Waals surface area (Å²) in [5.74, 6) is 0.994. The lowest BCUT2D eigenvalue weighted by Gasteiger charge is -2.36. The van der Waals surface area contributed by atoms with Crippen molar-refractivity contribution < 1.29 is 13.8 Å². The molecule has 1 aliphatic rings. The van der Waals surface area contributed by atoms with E-state index in [-0.39, 0.29) is 35.5 Å². The van der Waals surface area contributed by atoms with E-state index < -0.39 is 10.8 Å². The summed E-state index contributed by atoms with van der Waals surface area (Å²) in [6.45, 7) is 3.79. The summed E-state index contributed by atoms with van der Waals surface area (Å²) in [4.78, 5) is 30.9. The molecule has 1 fully saturated rings. The number of hydrogen-bond donors (Lipinski definition) is 0. The molecule has 0 N–H and O–H groups in total. The fourth-order valence-corrected chi connectivity index (χ4v) is 6.60. The van der Waals surface area contributed by atoms with E-state index in [0.29, 0.717) is 43.1 Å². The van der Waals surface area contributed by atoms with E-state index in [9.17, 15) is 13.8 Å². The smallest absolute Gasteiger partial charge is 0.185 e. The van der Waals surface area contributed by atoms with Gasteiger partial charge < -0.3 is 0 Å². The molecule has 1 aromatic carbocycles. The van der Waals surface area contributed by atoms with Crippen LogP contribution in [0.15, 0.2) is 41.1 Å². The Kier molecular flexibility index (Phi) is 6.92. The minimum atomic E-state index is -0.866. The molecular weight excluding hydrogens is 549 g/mol. The summed E-state index contributed by atoms with van der Waals surface area (Å²) in [5, 5.41) is 5.11. The first kappa shape index (κ1) is 24.3. The number of pyridine rings is 1. The van der Waals surface area contributed by atoms with Gasteiger partial charge in [0.05, 0.1) is 5.02 Å². The van der Waals surface area contributed by atoms with Crippen LogP contribution in [0, 0.1) is 12.3 Å². The van der Waals surface area contributed by atoms with Crippen LogP contribution >= 0.6 is 39.1 Å². The van der Waals surface area contributed by atoms with Gasteiger partial charge in [-0.3, -0.25) is 13.8 Å². The number of Topliss-reactive ketones (excluding diaryl/α,β-unsaturated/α-hetero) is 2. The van der Waals surface area contributed by atoms with E-state index in [0.717, 1.165) is 5.56 Å². The first-order valence-corrected chi connectivity index (χ1v) is 13.2. The van der Waals surface area contributed by atoms with Crippen LogP contribution in [-0.2, 0) is 17.2 Å². The van der Waals surface area contributed by atoms with E-state index in [1.54, 1.807) is 36.5 Å². The zero-order chi connectivity index (χ0) is 23.9. The van der Waals surface area contributed by atoms with Gasteiger partial charge in [-0.25, -0.2) is 9.67 Å². The molecule has 0 aliphatic carbocycles. The number of carbonyl (C=O) groups is 2. The first-order chi connectivity index (χ1) is 15.6. The van der Waals surface area contributed by atoms with Crippen LogP contribution in [0.1, 0.15) is 45.3 Å². The van der Waals surface area contributed by atoms with E-state index in [1.165, 1.54) is 4.68 Å². The third-order valence-corrected chi connectivity index (χ3v) is 8.53. The molecule has 2 aromatic heterocycles. The normalized spacial score (nSPS) is 19.8. The second-order valence-electron chi connectivity index (χ2n) is 8.56. The fraction of sp³-hybridized carbons (Fsp3) is 0.304. The fourth-order valence-electron chi connectivity index (χ4n) is 4.07. The lowest BCUT2D eigenvalue weighted by atomic mass is 9.84. The van der Waals surface area contributed by atoms with Crippen molar-refractivity contribution in [3.63, 3.8) is 0 Å². The van der Waals surface area contributed by atoms with Crippen LogP contribution < -0.4 is 0 Å². The Hall–Kier alpha value is -1.87. The Bertz CT molecular complexity index is 1300. The molecule has 0 unspecified atom stereocenters. The number of aromatic nitrogens is 3. The maximum absolute atomic E-state index is 13.4. The Labute approximate surface area is 212 Å². The Morgan fingerprint density at radius 1 is 1.21 bits per heavy atom. The highest BCUT2D eigenvalue weighted by molar-refractivity contribution is 9.10. The molecule has 4 rings (SSSR count). The summed E-state index contributed by atoms with van der Waals surface area (Å²) in [5.41, 5.74) is 1.79. The number of benzene rings is 1. The quantitative estimate of drug-likeness (QED) is 0.356. The molecule has 0 amide bonds. The molecule has 33 heavy (non-hydrogen) atoms. The maximum Gasteiger partial charge on any atom is 0.185 e. The summed E-state index contributed by atoms with van der Waals surface area (Å²) >= 11 is 15.9. The van der Waals surface area contributed by atoms with E-state index in [2.05, 4.69) is 26.0 Å². The average Bonchev–Trinajstić information content (AvgIpc) is 3.10. The number of aryl methyl sites for hydroxylation is 1. The molecule has 3 aromatic rings. The van der Waals surface area contributed by atoms with Gasteiger partial charge in [0.1, 0.15) is 10.3 Å². The Balaban J connectivity index is 1.68. The molecule has 0 bridgehead atoms. The largest absolute Gasteiger partial charge is 0.294 e. The lowest BCUT2D eigenvalue weighted by molar-refractivity contribution is 0.0936. The topological polar surface area (TPSA) is 81.9 Å². The molecule has 0 saturated carbocycles. The Morgan fingerprint density at radius 3 is 2.61 bits per heavy atom. The highest BCUT2D eigenvalue weighted by Gasteiger charge is 2.40. The van der Waals surface area contributed by atoms with Gasteiger partial charge in [0, 0.05) is 58.0 Å². The van der Waals surface area contributed by atoms with Gasteiger partial charge in [-0.1, -0.05) is 30.1 Å². The van der Waals surface area contributed by atoms with Crippen LogP contribution in [0.5, 0.6) is 0 Å².